The van der Waals surface area contributed by atoms with Gasteiger partial charge in [0.25, 0.3) is 0 Å². The van der Waals surface area contributed by atoms with Gasteiger partial charge in [-0.05, 0) is 94.6 Å². The van der Waals surface area contributed by atoms with Gasteiger partial charge in [-0.25, -0.2) is 0 Å². The van der Waals surface area contributed by atoms with Gasteiger partial charge in [-0.2, -0.15) is 0 Å². The Labute approximate surface area is 193 Å². The maximum absolute atomic E-state index is 5.42. The number of aryl methyl sites for hydroxylation is 6. The molecule has 168 valence electrons. The summed E-state index contributed by atoms with van der Waals surface area (Å²) >= 11 is 0. The molecule has 3 aromatic heterocycles. The molecule has 3 heterocycles. The molecule has 6 aromatic rings. The molecule has 0 spiro atoms. The molecular weight excluding hydrogens is 410 g/mol. The predicted octanol–water partition coefficient (Wildman–Crippen LogP) is 8.54. The van der Waals surface area contributed by atoms with Crippen LogP contribution in [0.25, 0.3) is 32.9 Å². The maximum atomic E-state index is 5.42. The lowest BCUT2D eigenvalue weighted by Crippen LogP contribution is -1.71. The van der Waals surface area contributed by atoms with Gasteiger partial charge in [0.2, 0.25) is 0 Å². The highest BCUT2D eigenvalue weighted by atomic mass is 16.5. The monoisotopic (exact) mass is 439 g/mol. The maximum Gasteiger partial charge on any atom is 0.167 e. The lowest BCUT2D eigenvalue weighted by molar-refractivity contribution is 0.450. The van der Waals surface area contributed by atoms with Crippen LogP contribution in [0.5, 0.6) is 0 Å². The van der Waals surface area contributed by atoms with Gasteiger partial charge < -0.3 is 13.4 Å². The molecule has 0 aliphatic rings. The second-order valence-electron chi connectivity index (χ2n) is 8.58. The van der Waals surface area contributed by atoms with Gasteiger partial charge in [0.15, 0.2) is 5.58 Å². The molecule has 0 N–H and O–H groups in total. The zero-order valence-corrected chi connectivity index (χ0v) is 20.0. The molecule has 0 fully saturated rings. The van der Waals surface area contributed by atoms with Crippen LogP contribution in [0.2, 0.25) is 0 Å². The summed E-state index contributed by atoms with van der Waals surface area (Å²) in [5, 5.41) is 7.38. The quantitative estimate of drug-likeness (QED) is 0.238. The average molecular weight is 440 g/mol. The van der Waals surface area contributed by atoms with E-state index in [1.807, 2.05) is 39.0 Å². The molecule has 3 aromatic carbocycles. The van der Waals surface area contributed by atoms with Gasteiger partial charge in [0.1, 0.15) is 16.9 Å². The Hall–Kier alpha value is -3.79. The highest BCUT2D eigenvalue weighted by Crippen LogP contribution is 2.21. The first kappa shape index (κ1) is 22.4. The Balaban J connectivity index is 0.000000118. The normalized spacial score (nSPS) is 10.7. The summed E-state index contributed by atoms with van der Waals surface area (Å²) in [4.78, 5) is 0. The summed E-state index contributed by atoms with van der Waals surface area (Å²) in [6.45, 7) is 12.2. The van der Waals surface area contributed by atoms with Crippen LogP contribution in [-0.4, -0.2) is 5.16 Å². The van der Waals surface area contributed by atoms with Crippen LogP contribution in [-0.2, 0) is 0 Å². The molecule has 33 heavy (non-hydrogen) atoms. The molecule has 0 unspecified atom stereocenters. The van der Waals surface area contributed by atoms with Crippen molar-refractivity contribution in [2.45, 2.75) is 41.5 Å². The van der Waals surface area contributed by atoms with Crippen molar-refractivity contribution in [1.29, 1.82) is 0 Å². The number of hydrogen-bond donors (Lipinski definition) is 0. The minimum atomic E-state index is 0.877. The molecule has 4 nitrogen and oxygen atoms in total. The molecule has 0 aliphatic heterocycles. The molecular formula is C29H29NO3. The fourth-order valence-electron chi connectivity index (χ4n) is 3.73. The minimum absolute atomic E-state index is 0.877. The fourth-order valence-corrected chi connectivity index (χ4v) is 3.73. The zero-order valence-electron chi connectivity index (χ0n) is 20.0. The summed E-state index contributed by atoms with van der Waals surface area (Å²) in [7, 11) is 0. The Bertz CT molecular complexity index is 1440. The van der Waals surface area contributed by atoms with Crippen molar-refractivity contribution in [3.05, 3.63) is 101 Å². The van der Waals surface area contributed by atoms with Crippen molar-refractivity contribution in [2.75, 3.05) is 0 Å². The molecule has 0 radical (unpaired) electrons. The Morgan fingerprint density at radius 1 is 0.606 bits per heavy atom. The number of aromatic nitrogens is 1. The van der Waals surface area contributed by atoms with Crippen molar-refractivity contribution >= 4 is 32.9 Å². The number of fused-ring (bicyclic) bond motifs is 3. The van der Waals surface area contributed by atoms with Gasteiger partial charge in [-0.3, -0.25) is 0 Å². The van der Waals surface area contributed by atoms with Crippen LogP contribution in [0.15, 0.2) is 80.3 Å². The van der Waals surface area contributed by atoms with E-state index in [0.717, 1.165) is 33.6 Å². The summed E-state index contributed by atoms with van der Waals surface area (Å²) < 4.78 is 15.8. The van der Waals surface area contributed by atoms with Gasteiger partial charge >= 0.3 is 0 Å². The Kier molecular flexibility index (Phi) is 6.36. The molecule has 0 aliphatic carbocycles. The average Bonchev–Trinajstić information content (AvgIpc) is 3.45. The summed E-state index contributed by atoms with van der Waals surface area (Å²) in [6, 6.07) is 20.6. The largest absolute Gasteiger partial charge is 0.464 e. The fraction of sp³-hybridized carbons (Fsp3) is 0.207. The summed E-state index contributed by atoms with van der Waals surface area (Å²) in [6.07, 6.45) is 1.80. The third kappa shape index (κ3) is 5.17. The SMILES string of the molecule is Cc1ccc2c(C)coc2c1.Cc1ccc2c(C)noc2c1.Cc1ccc2oc(C)cc2c1. The first-order chi connectivity index (χ1) is 15.8. The molecule has 4 heteroatoms. The molecule has 0 saturated heterocycles. The van der Waals surface area contributed by atoms with Gasteiger partial charge in [0, 0.05) is 16.2 Å². The van der Waals surface area contributed by atoms with E-state index >= 15 is 0 Å². The van der Waals surface area contributed by atoms with E-state index in [0.29, 0.717) is 0 Å². The first-order valence-electron chi connectivity index (χ1n) is 11.0. The lowest BCUT2D eigenvalue weighted by Gasteiger charge is -1.90. The smallest absolute Gasteiger partial charge is 0.167 e. The number of rotatable bonds is 0. The van der Waals surface area contributed by atoms with Gasteiger partial charge in [-0.1, -0.05) is 35.0 Å². The van der Waals surface area contributed by atoms with E-state index in [1.165, 1.54) is 33.0 Å². The first-order valence-corrected chi connectivity index (χ1v) is 11.0. The van der Waals surface area contributed by atoms with E-state index in [2.05, 4.69) is 68.4 Å². The molecule has 0 atom stereocenters. The lowest BCUT2D eigenvalue weighted by atomic mass is 10.1. The number of benzene rings is 3. The predicted molar refractivity (Wildman–Crippen MR) is 135 cm³/mol. The topological polar surface area (TPSA) is 52.3 Å². The van der Waals surface area contributed by atoms with Crippen LogP contribution >= 0.6 is 0 Å². The Morgan fingerprint density at radius 3 is 2.00 bits per heavy atom. The van der Waals surface area contributed by atoms with E-state index in [1.54, 1.807) is 6.26 Å². The Morgan fingerprint density at radius 2 is 1.24 bits per heavy atom. The zero-order chi connectivity index (χ0) is 23.5. The second kappa shape index (κ2) is 9.37. The highest BCUT2D eigenvalue weighted by Gasteiger charge is 2.02. The molecule has 0 saturated carbocycles. The molecule has 6 rings (SSSR count). The second-order valence-corrected chi connectivity index (χ2v) is 8.58. The van der Waals surface area contributed by atoms with Crippen LogP contribution in [0.1, 0.15) is 33.7 Å². The van der Waals surface area contributed by atoms with Gasteiger partial charge in [-0.15, -0.1) is 0 Å². The van der Waals surface area contributed by atoms with Crippen LogP contribution in [0.4, 0.5) is 0 Å². The van der Waals surface area contributed by atoms with Crippen LogP contribution < -0.4 is 0 Å². The van der Waals surface area contributed by atoms with Crippen LogP contribution in [0, 0.1) is 41.5 Å². The number of furan rings is 2. The van der Waals surface area contributed by atoms with E-state index in [-0.39, 0.29) is 0 Å². The van der Waals surface area contributed by atoms with E-state index in [9.17, 15) is 0 Å². The van der Waals surface area contributed by atoms with E-state index < -0.39 is 0 Å². The number of hydrogen-bond acceptors (Lipinski definition) is 4. The van der Waals surface area contributed by atoms with Crippen molar-refractivity contribution in [3.8, 4) is 0 Å². The molecule has 0 amide bonds. The summed E-state index contributed by atoms with van der Waals surface area (Å²) in [5.74, 6) is 0.977. The van der Waals surface area contributed by atoms with Crippen molar-refractivity contribution < 1.29 is 13.4 Å². The van der Waals surface area contributed by atoms with Crippen molar-refractivity contribution in [1.82, 2.24) is 5.16 Å². The minimum Gasteiger partial charge on any atom is -0.464 e. The third-order valence-electron chi connectivity index (χ3n) is 5.53. The third-order valence-corrected chi connectivity index (χ3v) is 5.53. The van der Waals surface area contributed by atoms with Crippen molar-refractivity contribution in [3.63, 3.8) is 0 Å². The summed E-state index contributed by atoms with van der Waals surface area (Å²) in [5.41, 5.74) is 8.73. The van der Waals surface area contributed by atoms with Crippen LogP contribution in [0.3, 0.4) is 0 Å². The number of nitrogens with zero attached hydrogens (tertiary/aromatic N) is 1. The molecule has 0 bridgehead atoms. The standard InChI is InChI=1S/2C10H10O.C9H9NO/c1-7-3-4-10-9(5-7)6-8(2)11-10;1-7-3-4-9-8(2)6-11-10(9)5-7;1-6-3-4-8-7(2)10-11-9(8)5-6/h2*3-6H,1-2H3;3-5H,1-2H3. The van der Waals surface area contributed by atoms with Gasteiger partial charge in [0.05, 0.1) is 12.0 Å². The highest BCUT2D eigenvalue weighted by molar-refractivity contribution is 5.81. The van der Waals surface area contributed by atoms with Crippen molar-refractivity contribution in [2.24, 2.45) is 0 Å². The van der Waals surface area contributed by atoms with E-state index in [4.69, 9.17) is 13.4 Å².